The molecule has 286 valence electrons. The number of hydrogen-bond donors (Lipinski definition) is 0. The van der Waals surface area contributed by atoms with Crippen molar-refractivity contribution >= 4 is 21.4 Å². The van der Waals surface area contributed by atoms with E-state index in [1.54, 1.807) is 12.5 Å². The van der Waals surface area contributed by atoms with Gasteiger partial charge in [0.05, 0.1) is 0 Å². The Kier molecular flexibility index (Phi) is 11.7. The second-order valence-electron chi connectivity index (χ2n) is 16.3. The van der Waals surface area contributed by atoms with E-state index in [9.17, 15) is 4.79 Å². The molecule has 3 aliphatic heterocycles. The summed E-state index contributed by atoms with van der Waals surface area (Å²) < 4.78 is 18.8. The van der Waals surface area contributed by atoms with Crippen LogP contribution < -0.4 is 4.90 Å². The van der Waals surface area contributed by atoms with Crippen molar-refractivity contribution in [3.05, 3.63) is 150 Å². The maximum absolute atomic E-state index is 14.6. The lowest BCUT2D eigenvalue weighted by Gasteiger charge is -2.44. The van der Waals surface area contributed by atoms with Gasteiger partial charge in [0, 0.05) is 62.4 Å². The predicted octanol–water partition coefficient (Wildman–Crippen LogP) is 9.14. The average Bonchev–Trinajstić information content (AvgIpc) is 3.24. The Labute approximate surface area is 330 Å². The number of amides is 1. The molecule has 5 aliphatic rings. The number of allylic oxidation sites excluding steroid dienone is 4. The van der Waals surface area contributed by atoms with Gasteiger partial charge in [-0.05, 0) is 84.7 Å². The number of para-hydroxylation sites is 1. The molecule has 3 aromatic rings. The summed E-state index contributed by atoms with van der Waals surface area (Å²) in [5.41, 5.74) is 6.22. The molecule has 0 bridgehead atoms. The second kappa shape index (κ2) is 17.2. The summed E-state index contributed by atoms with van der Waals surface area (Å²) in [6.07, 6.45) is 17.7. The highest BCUT2D eigenvalue weighted by Crippen LogP contribution is 2.46. The molecule has 3 heterocycles. The van der Waals surface area contributed by atoms with Crippen LogP contribution in [0.3, 0.4) is 0 Å². The molecule has 1 atom stereocenters. The van der Waals surface area contributed by atoms with Crippen LogP contribution >= 0.6 is 0 Å². The largest absolute Gasteiger partial charge is 0.456 e. The van der Waals surface area contributed by atoms with Gasteiger partial charge in [-0.1, -0.05) is 111 Å². The lowest BCUT2D eigenvalue weighted by molar-refractivity contribution is -0.124. The second-order valence-corrected chi connectivity index (χ2v) is 18.0. The molecule has 2 fully saturated rings. The third-order valence-electron chi connectivity index (χ3n) is 12.2. The van der Waals surface area contributed by atoms with Gasteiger partial charge in [-0.3, -0.25) is 9.69 Å². The molecule has 1 amide bonds. The Balaban J connectivity index is 0.864. The van der Waals surface area contributed by atoms with Crippen molar-refractivity contribution in [3.63, 3.8) is 0 Å². The number of nitrogens with zero attached hydrogens (tertiary/aromatic N) is 3. The number of carbonyl (C=O) groups excluding carboxylic acids is 1. The molecular weight excluding hydrogens is 699 g/mol. The molecule has 2 aliphatic carbocycles. The molecule has 0 aromatic heterocycles. The third kappa shape index (κ3) is 8.72. The van der Waals surface area contributed by atoms with E-state index < -0.39 is 0 Å². The highest BCUT2D eigenvalue weighted by atomic mass is 28.2. The van der Waals surface area contributed by atoms with Crippen LogP contribution in [0.1, 0.15) is 81.4 Å². The molecule has 1 saturated carbocycles. The third-order valence-corrected chi connectivity index (χ3v) is 13.4. The fourth-order valence-electron chi connectivity index (χ4n) is 9.15. The Morgan fingerprint density at radius 1 is 0.818 bits per heavy atom. The van der Waals surface area contributed by atoms with Gasteiger partial charge in [-0.25, -0.2) is 0 Å². The first-order valence-electron chi connectivity index (χ1n) is 20.4. The van der Waals surface area contributed by atoms with E-state index in [-0.39, 0.29) is 29.0 Å². The van der Waals surface area contributed by atoms with E-state index in [4.69, 9.17) is 13.9 Å². The summed E-state index contributed by atoms with van der Waals surface area (Å²) in [4.78, 5) is 21.6. The molecule has 1 unspecified atom stereocenters. The van der Waals surface area contributed by atoms with Gasteiger partial charge in [0.2, 0.25) is 21.6 Å². The number of carbonyl (C=O) groups is 1. The smallest absolute Gasteiger partial charge is 0.237 e. The van der Waals surface area contributed by atoms with E-state index in [1.165, 1.54) is 22.3 Å². The Morgan fingerprint density at radius 3 is 2.16 bits per heavy atom. The highest BCUT2D eigenvalue weighted by Gasteiger charge is 2.39. The summed E-state index contributed by atoms with van der Waals surface area (Å²) in [5.74, 6) is 2.14. The minimum absolute atomic E-state index is 0.0248. The van der Waals surface area contributed by atoms with E-state index in [0.717, 1.165) is 101 Å². The Morgan fingerprint density at radius 2 is 1.51 bits per heavy atom. The molecular formula is C47H55N3O4Si. The van der Waals surface area contributed by atoms with Crippen molar-refractivity contribution in [2.45, 2.75) is 88.3 Å². The van der Waals surface area contributed by atoms with Gasteiger partial charge in [0.15, 0.2) is 12.0 Å². The number of ether oxygens (including phenoxy) is 2. The van der Waals surface area contributed by atoms with Crippen LogP contribution in [0.4, 0.5) is 5.69 Å². The minimum atomic E-state index is -0.0785. The van der Waals surface area contributed by atoms with Gasteiger partial charge >= 0.3 is 0 Å². The minimum Gasteiger partial charge on any atom is -0.456 e. The molecule has 55 heavy (non-hydrogen) atoms. The van der Waals surface area contributed by atoms with Gasteiger partial charge in [0.1, 0.15) is 6.26 Å². The van der Waals surface area contributed by atoms with Crippen molar-refractivity contribution in [1.29, 1.82) is 0 Å². The summed E-state index contributed by atoms with van der Waals surface area (Å²) in [7, 11) is 0.355. The molecule has 2 radical (unpaired) electrons. The first-order valence-corrected chi connectivity index (χ1v) is 21.3. The van der Waals surface area contributed by atoms with Crippen molar-refractivity contribution in [2.75, 3.05) is 37.6 Å². The number of fused-ring (bicyclic) bond motifs is 1. The first kappa shape index (κ1) is 37.5. The average molecular weight is 754 g/mol. The lowest BCUT2D eigenvalue weighted by atomic mass is 9.82. The zero-order chi connectivity index (χ0) is 37.6. The van der Waals surface area contributed by atoms with Crippen LogP contribution in [-0.4, -0.2) is 70.3 Å². The fraction of sp³-hybridized carbons (Fsp3) is 0.426. The molecule has 1 saturated heterocycles. The van der Waals surface area contributed by atoms with Gasteiger partial charge in [-0.2, -0.15) is 0 Å². The Bertz CT molecular complexity index is 1850. The van der Waals surface area contributed by atoms with Gasteiger partial charge < -0.3 is 23.7 Å². The topological polar surface area (TPSA) is 54.5 Å². The van der Waals surface area contributed by atoms with Crippen molar-refractivity contribution in [3.8, 4) is 0 Å². The fourth-order valence-corrected chi connectivity index (χ4v) is 10.3. The zero-order valence-corrected chi connectivity index (χ0v) is 33.4. The van der Waals surface area contributed by atoms with E-state index in [2.05, 4.69) is 132 Å². The van der Waals surface area contributed by atoms with E-state index >= 15 is 0 Å². The monoisotopic (exact) mass is 753 g/mol. The number of benzene rings is 3. The standard InChI is InChI=1S/C47H55N3O4Si/c1-47(2,45(37-17-8-4-9-18-37)38-19-10-5-11-20-38)55-54-41-26-23-39(24-27-41)46(51)50-40(25-22-35-14-12-13-21-42(35)50)32-48-28-30-49(31-29-48)44-34-52-43(33-53-44)36-15-6-3-7-16-36/h3-6,8-15,17-21,33-34,39-41,45H,7,16,22-32H2,1-2H3. The van der Waals surface area contributed by atoms with Gasteiger partial charge in [0.25, 0.3) is 0 Å². The predicted molar refractivity (Wildman–Crippen MR) is 220 cm³/mol. The van der Waals surface area contributed by atoms with Crippen molar-refractivity contribution < 1.29 is 18.7 Å². The Hall–Kier alpha value is -4.37. The summed E-state index contributed by atoms with van der Waals surface area (Å²) >= 11 is 0. The first-order chi connectivity index (χ1) is 26.9. The number of piperazine rings is 1. The molecule has 8 rings (SSSR count). The quantitative estimate of drug-likeness (QED) is 0.182. The number of aryl methyl sites for hydroxylation is 1. The SMILES string of the molecule is CC(C)([Si]OC1CCC(C(=O)N2c3ccccc3CCC2CN2CCN(C3=COC(C4=CC=CCC4)=CO3)CC2)CC1)C(c1ccccc1)c1ccccc1. The number of rotatable bonds is 11. The maximum Gasteiger partial charge on any atom is 0.237 e. The molecule has 3 aromatic carbocycles. The summed E-state index contributed by atoms with van der Waals surface area (Å²) in [5, 5.41) is -0.0785. The molecule has 0 N–H and O–H groups in total. The zero-order valence-electron chi connectivity index (χ0n) is 32.4. The highest BCUT2D eigenvalue weighted by molar-refractivity contribution is 6.32. The van der Waals surface area contributed by atoms with Crippen LogP contribution in [-0.2, 0) is 25.1 Å². The van der Waals surface area contributed by atoms with E-state index in [1.807, 2.05) is 0 Å². The molecule has 7 nitrogen and oxygen atoms in total. The molecule has 8 heteroatoms. The van der Waals surface area contributed by atoms with Crippen LogP contribution in [0, 0.1) is 5.92 Å². The maximum atomic E-state index is 14.6. The summed E-state index contributed by atoms with van der Waals surface area (Å²) in [6, 6.07) is 30.4. The van der Waals surface area contributed by atoms with Crippen LogP contribution in [0.25, 0.3) is 0 Å². The van der Waals surface area contributed by atoms with Crippen LogP contribution in [0.15, 0.2) is 133 Å². The number of anilines is 1. The molecule has 0 spiro atoms. The van der Waals surface area contributed by atoms with E-state index in [0.29, 0.717) is 15.7 Å². The van der Waals surface area contributed by atoms with Crippen LogP contribution in [0.5, 0.6) is 0 Å². The van der Waals surface area contributed by atoms with Crippen molar-refractivity contribution in [1.82, 2.24) is 9.80 Å². The normalized spacial score (nSPS) is 23.3. The summed E-state index contributed by atoms with van der Waals surface area (Å²) in [6.45, 7) is 9.13. The van der Waals surface area contributed by atoms with Gasteiger partial charge in [-0.15, -0.1) is 0 Å². The lowest BCUT2D eigenvalue weighted by Crippen LogP contribution is -2.55. The van der Waals surface area contributed by atoms with Crippen molar-refractivity contribution in [2.24, 2.45) is 5.92 Å². The van der Waals surface area contributed by atoms with Crippen LogP contribution in [0.2, 0.25) is 5.04 Å². The number of hydrogen-bond acceptors (Lipinski definition) is 6.